The van der Waals surface area contributed by atoms with Gasteiger partial charge in [0.15, 0.2) is 5.78 Å². The molecular formula is C28H29N3O. The Bertz CT molecular complexity index is 1170. The monoisotopic (exact) mass is 423 g/mol. The van der Waals surface area contributed by atoms with Crippen LogP contribution in [0.3, 0.4) is 0 Å². The zero-order chi connectivity index (χ0) is 22.3. The Labute approximate surface area is 189 Å². The van der Waals surface area contributed by atoms with Crippen LogP contribution in [0.25, 0.3) is 0 Å². The lowest BCUT2D eigenvalue weighted by Gasteiger charge is -2.30. The molecule has 2 unspecified atom stereocenters. The van der Waals surface area contributed by atoms with Gasteiger partial charge in [0.25, 0.3) is 0 Å². The van der Waals surface area contributed by atoms with Crippen LogP contribution in [0, 0.1) is 0 Å². The second-order valence-corrected chi connectivity index (χ2v) is 9.82. The summed E-state index contributed by atoms with van der Waals surface area (Å²) in [5.41, 5.74) is 7.58. The molecule has 4 nitrogen and oxygen atoms in total. The zero-order valence-corrected chi connectivity index (χ0v) is 18.9. The summed E-state index contributed by atoms with van der Waals surface area (Å²) in [6.07, 6.45) is 4.91. The van der Waals surface area contributed by atoms with E-state index in [9.17, 15) is 4.79 Å². The van der Waals surface area contributed by atoms with Crippen LogP contribution in [0.4, 0.5) is 11.4 Å². The molecule has 32 heavy (non-hydrogen) atoms. The molecule has 2 aromatic carbocycles. The van der Waals surface area contributed by atoms with E-state index in [0.717, 1.165) is 34.6 Å². The van der Waals surface area contributed by atoms with Crippen molar-refractivity contribution in [2.24, 2.45) is 0 Å². The number of hydrogen-bond donors (Lipinski definition) is 2. The number of benzene rings is 2. The van der Waals surface area contributed by atoms with Gasteiger partial charge in [0.1, 0.15) is 0 Å². The average molecular weight is 424 g/mol. The maximum absolute atomic E-state index is 13.6. The number of anilines is 2. The minimum atomic E-state index is -0.194. The van der Waals surface area contributed by atoms with Crippen molar-refractivity contribution in [2.45, 2.75) is 51.0 Å². The van der Waals surface area contributed by atoms with Gasteiger partial charge >= 0.3 is 0 Å². The Morgan fingerprint density at radius 3 is 2.22 bits per heavy atom. The van der Waals surface area contributed by atoms with Gasteiger partial charge in [-0.25, -0.2) is 0 Å². The number of aromatic nitrogens is 1. The number of nitrogens with zero attached hydrogens (tertiary/aromatic N) is 1. The first kappa shape index (κ1) is 20.5. The molecule has 2 heterocycles. The van der Waals surface area contributed by atoms with Crippen LogP contribution in [0.5, 0.6) is 0 Å². The van der Waals surface area contributed by atoms with Crippen molar-refractivity contribution in [1.29, 1.82) is 0 Å². The minimum Gasteiger partial charge on any atom is -0.372 e. The molecule has 1 aromatic heterocycles. The first-order chi connectivity index (χ1) is 15.4. The van der Waals surface area contributed by atoms with Crippen LogP contribution in [0.15, 0.2) is 84.3 Å². The first-order valence-electron chi connectivity index (χ1n) is 11.3. The van der Waals surface area contributed by atoms with Crippen LogP contribution < -0.4 is 10.6 Å². The zero-order valence-electron chi connectivity index (χ0n) is 18.9. The number of rotatable bonds is 2. The van der Waals surface area contributed by atoms with E-state index in [0.29, 0.717) is 6.42 Å². The molecule has 2 atom stereocenters. The number of Topliss-reactive ketones (excluding diaryl/α,β-unsaturated/α-hetero) is 1. The highest BCUT2D eigenvalue weighted by Gasteiger charge is 2.36. The second-order valence-electron chi connectivity index (χ2n) is 9.82. The van der Waals surface area contributed by atoms with E-state index in [-0.39, 0.29) is 23.2 Å². The number of carbonyl (C=O) groups is 1. The van der Waals surface area contributed by atoms with Crippen molar-refractivity contribution < 1.29 is 4.79 Å². The van der Waals surface area contributed by atoms with Crippen LogP contribution in [-0.4, -0.2) is 10.8 Å². The van der Waals surface area contributed by atoms with Gasteiger partial charge in [-0.15, -0.1) is 0 Å². The van der Waals surface area contributed by atoms with Crippen molar-refractivity contribution in [3.8, 4) is 0 Å². The van der Waals surface area contributed by atoms with Crippen LogP contribution in [0.2, 0.25) is 0 Å². The molecule has 0 amide bonds. The number of para-hydroxylation sites is 2. The summed E-state index contributed by atoms with van der Waals surface area (Å²) in [5.74, 6) is 0.372. The summed E-state index contributed by atoms with van der Waals surface area (Å²) in [4.78, 5) is 17.7. The fourth-order valence-corrected chi connectivity index (χ4v) is 4.79. The van der Waals surface area contributed by atoms with E-state index in [4.69, 9.17) is 0 Å². The number of pyridine rings is 1. The normalized spacial score (nSPS) is 20.5. The van der Waals surface area contributed by atoms with E-state index in [1.54, 1.807) is 12.4 Å². The molecule has 0 bridgehead atoms. The van der Waals surface area contributed by atoms with Crippen molar-refractivity contribution in [2.75, 3.05) is 10.6 Å². The molecule has 1 aliphatic heterocycles. The third kappa shape index (κ3) is 3.81. The van der Waals surface area contributed by atoms with E-state index in [2.05, 4.69) is 72.8 Å². The molecule has 1 aliphatic carbocycles. The molecule has 0 fully saturated rings. The van der Waals surface area contributed by atoms with E-state index >= 15 is 0 Å². The minimum absolute atomic E-state index is 0.118. The van der Waals surface area contributed by atoms with E-state index in [1.165, 1.54) is 11.1 Å². The molecule has 0 saturated heterocycles. The van der Waals surface area contributed by atoms with E-state index in [1.807, 2.05) is 24.3 Å². The number of fused-ring (bicyclic) bond motifs is 1. The highest BCUT2D eigenvalue weighted by Crippen LogP contribution is 2.44. The second kappa shape index (κ2) is 7.94. The van der Waals surface area contributed by atoms with Gasteiger partial charge in [-0.3, -0.25) is 9.78 Å². The molecule has 5 rings (SSSR count). The largest absolute Gasteiger partial charge is 0.372 e. The topological polar surface area (TPSA) is 54.0 Å². The third-order valence-electron chi connectivity index (χ3n) is 6.60. The Morgan fingerprint density at radius 2 is 1.53 bits per heavy atom. The summed E-state index contributed by atoms with van der Waals surface area (Å²) in [5, 5.41) is 7.22. The Morgan fingerprint density at radius 1 is 0.844 bits per heavy atom. The Hall–Kier alpha value is -3.40. The van der Waals surface area contributed by atoms with Crippen molar-refractivity contribution in [1.82, 2.24) is 4.98 Å². The summed E-state index contributed by atoms with van der Waals surface area (Å²) in [7, 11) is 0. The smallest absolute Gasteiger partial charge is 0.163 e. The van der Waals surface area contributed by atoms with Crippen molar-refractivity contribution >= 4 is 17.2 Å². The van der Waals surface area contributed by atoms with E-state index < -0.39 is 0 Å². The predicted molar refractivity (Wildman–Crippen MR) is 130 cm³/mol. The standard InChI is InChI=1S/C28H29N3O/c1-28(2,3)21-10-8-18(9-11-21)20-16-24-26(25(32)17-20)27(19-12-14-29-15-13-19)31-23-7-5-4-6-22(23)30-24/h4-15,20,27,30-31H,16-17H2,1-3H3. The van der Waals surface area contributed by atoms with Gasteiger partial charge in [0, 0.05) is 30.1 Å². The van der Waals surface area contributed by atoms with Gasteiger partial charge in [-0.2, -0.15) is 0 Å². The van der Waals surface area contributed by atoms with Crippen molar-refractivity contribution in [3.63, 3.8) is 0 Å². The third-order valence-corrected chi connectivity index (χ3v) is 6.60. The van der Waals surface area contributed by atoms with Crippen LogP contribution in [-0.2, 0) is 10.2 Å². The summed E-state index contributed by atoms with van der Waals surface area (Å²) >= 11 is 0. The lowest BCUT2D eigenvalue weighted by atomic mass is 9.78. The molecular weight excluding hydrogens is 394 g/mol. The predicted octanol–water partition coefficient (Wildman–Crippen LogP) is 6.36. The lowest BCUT2D eigenvalue weighted by molar-refractivity contribution is -0.116. The Kier molecular flexibility index (Phi) is 5.09. The van der Waals surface area contributed by atoms with Crippen LogP contribution >= 0.6 is 0 Å². The Balaban J connectivity index is 1.54. The lowest BCUT2D eigenvalue weighted by Crippen LogP contribution is -2.27. The molecule has 2 N–H and O–H groups in total. The highest BCUT2D eigenvalue weighted by molar-refractivity contribution is 6.01. The molecule has 0 saturated carbocycles. The van der Waals surface area contributed by atoms with Gasteiger partial charge < -0.3 is 10.6 Å². The maximum atomic E-state index is 13.6. The fourth-order valence-electron chi connectivity index (χ4n) is 4.79. The number of ketones is 1. The number of carbonyl (C=O) groups excluding carboxylic acids is 1. The summed E-state index contributed by atoms with van der Waals surface area (Å²) < 4.78 is 0. The quantitative estimate of drug-likeness (QED) is 0.504. The van der Waals surface area contributed by atoms with Gasteiger partial charge in [-0.1, -0.05) is 57.2 Å². The maximum Gasteiger partial charge on any atom is 0.163 e. The highest BCUT2D eigenvalue weighted by atomic mass is 16.1. The summed E-state index contributed by atoms with van der Waals surface area (Å²) in [6, 6.07) is 20.8. The average Bonchev–Trinajstić information content (AvgIpc) is 2.96. The molecule has 162 valence electrons. The molecule has 0 radical (unpaired) electrons. The first-order valence-corrected chi connectivity index (χ1v) is 11.3. The van der Waals surface area contributed by atoms with Gasteiger partial charge in [-0.05, 0) is 58.7 Å². The number of hydrogen-bond acceptors (Lipinski definition) is 4. The molecule has 4 heteroatoms. The fraction of sp³-hybridized carbons (Fsp3) is 0.286. The van der Waals surface area contributed by atoms with Gasteiger partial charge in [0.2, 0.25) is 0 Å². The SMILES string of the molecule is CC(C)(C)c1ccc(C2CC(=O)C3=C(C2)Nc2ccccc2NC3c2ccncc2)cc1. The molecule has 3 aromatic rings. The van der Waals surface area contributed by atoms with Crippen molar-refractivity contribution in [3.05, 3.63) is 101 Å². The number of nitrogens with one attached hydrogen (secondary N) is 2. The number of allylic oxidation sites excluding steroid dienone is 1. The van der Waals surface area contributed by atoms with Gasteiger partial charge in [0.05, 0.1) is 17.4 Å². The molecule has 0 spiro atoms. The summed E-state index contributed by atoms with van der Waals surface area (Å²) in [6.45, 7) is 6.67. The van der Waals surface area contributed by atoms with Crippen LogP contribution in [0.1, 0.15) is 62.3 Å². The molecule has 2 aliphatic rings.